The molecule has 2 amide bonds. The maximum atomic E-state index is 13.1. The van der Waals surface area contributed by atoms with E-state index in [-0.39, 0.29) is 28.7 Å². The van der Waals surface area contributed by atoms with Crippen LogP contribution in [0.15, 0.2) is 23.1 Å². The van der Waals surface area contributed by atoms with Crippen molar-refractivity contribution in [3.63, 3.8) is 0 Å². The lowest BCUT2D eigenvalue weighted by atomic mass is 9.94. The molecule has 2 saturated heterocycles. The summed E-state index contributed by atoms with van der Waals surface area (Å²) in [5.41, 5.74) is 1.70. The summed E-state index contributed by atoms with van der Waals surface area (Å²) in [4.78, 5) is 25.9. The van der Waals surface area contributed by atoms with Crippen LogP contribution in [0.3, 0.4) is 0 Å². The van der Waals surface area contributed by atoms with E-state index in [4.69, 9.17) is 4.74 Å². The summed E-state index contributed by atoms with van der Waals surface area (Å²) in [5.74, 6) is 0.182. The number of piperidine rings is 1. The first-order chi connectivity index (χ1) is 14.8. The van der Waals surface area contributed by atoms with Crippen molar-refractivity contribution in [1.82, 2.24) is 9.62 Å². The lowest BCUT2D eigenvalue weighted by Crippen LogP contribution is -2.40. The zero-order valence-electron chi connectivity index (χ0n) is 18.0. The zero-order valence-corrected chi connectivity index (χ0v) is 18.8. The number of hydrogen-bond acceptors (Lipinski definition) is 5. The Bertz CT molecular complexity index is 934. The van der Waals surface area contributed by atoms with Gasteiger partial charge in [-0.3, -0.25) is 9.59 Å². The van der Waals surface area contributed by atoms with Gasteiger partial charge in [-0.2, -0.15) is 4.31 Å². The molecule has 170 valence electrons. The highest BCUT2D eigenvalue weighted by Crippen LogP contribution is 2.32. The molecule has 1 aromatic rings. The second-order valence-corrected chi connectivity index (χ2v) is 10.6. The molecule has 1 aromatic carbocycles. The van der Waals surface area contributed by atoms with E-state index in [9.17, 15) is 18.0 Å². The fourth-order valence-electron chi connectivity index (χ4n) is 4.74. The lowest BCUT2D eigenvalue weighted by Gasteiger charge is -2.31. The van der Waals surface area contributed by atoms with Crippen molar-refractivity contribution in [2.24, 2.45) is 5.92 Å². The maximum Gasteiger partial charge on any atom is 0.243 e. The Kier molecular flexibility index (Phi) is 6.64. The number of hydrogen-bond donors (Lipinski definition) is 1. The average molecular weight is 450 g/mol. The van der Waals surface area contributed by atoms with Crippen LogP contribution < -0.4 is 10.2 Å². The molecule has 3 aliphatic heterocycles. The van der Waals surface area contributed by atoms with Gasteiger partial charge < -0.3 is 15.0 Å². The minimum Gasteiger partial charge on any atom is -0.376 e. The Labute approximate surface area is 184 Å². The molecule has 3 aliphatic rings. The van der Waals surface area contributed by atoms with Gasteiger partial charge in [-0.25, -0.2) is 8.42 Å². The molecule has 3 heterocycles. The van der Waals surface area contributed by atoms with Gasteiger partial charge in [0, 0.05) is 51.8 Å². The van der Waals surface area contributed by atoms with E-state index in [2.05, 4.69) is 5.32 Å². The minimum atomic E-state index is -3.58. The molecule has 31 heavy (non-hydrogen) atoms. The largest absolute Gasteiger partial charge is 0.376 e. The molecule has 8 nitrogen and oxygen atoms in total. The van der Waals surface area contributed by atoms with E-state index >= 15 is 0 Å². The Morgan fingerprint density at radius 1 is 1.16 bits per heavy atom. The van der Waals surface area contributed by atoms with Gasteiger partial charge >= 0.3 is 0 Å². The molecule has 1 atom stereocenters. The van der Waals surface area contributed by atoms with Gasteiger partial charge in [0.25, 0.3) is 0 Å². The quantitative estimate of drug-likeness (QED) is 0.713. The first-order valence-corrected chi connectivity index (χ1v) is 12.6. The Balaban J connectivity index is 1.31. The number of benzene rings is 1. The van der Waals surface area contributed by atoms with Crippen LogP contribution in [-0.2, 0) is 30.8 Å². The molecule has 0 unspecified atom stereocenters. The zero-order chi connectivity index (χ0) is 22.0. The second-order valence-electron chi connectivity index (χ2n) is 8.70. The third-order valence-corrected chi connectivity index (χ3v) is 8.46. The van der Waals surface area contributed by atoms with Crippen LogP contribution in [0, 0.1) is 5.92 Å². The topological polar surface area (TPSA) is 96.0 Å². The normalized spacial score (nSPS) is 22.5. The van der Waals surface area contributed by atoms with E-state index in [0.717, 1.165) is 30.7 Å². The van der Waals surface area contributed by atoms with Crippen molar-refractivity contribution < 1.29 is 22.7 Å². The number of carbonyl (C=O) groups is 2. The van der Waals surface area contributed by atoms with Gasteiger partial charge in [0.1, 0.15) is 0 Å². The fourth-order valence-corrected chi connectivity index (χ4v) is 6.26. The van der Waals surface area contributed by atoms with Crippen LogP contribution in [0.2, 0.25) is 0 Å². The van der Waals surface area contributed by atoms with Crippen LogP contribution in [-0.4, -0.2) is 63.4 Å². The highest BCUT2D eigenvalue weighted by Gasteiger charge is 2.32. The lowest BCUT2D eigenvalue weighted by molar-refractivity contribution is -0.122. The number of rotatable bonds is 6. The summed E-state index contributed by atoms with van der Waals surface area (Å²) in [6.07, 6.45) is 4.62. The monoisotopic (exact) mass is 449 g/mol. The van der Waals surface area contributed by atoms with E-state index < -0.39 is 10.0 Å². The van der Waals surface area contributed by atoms with Crippen molar-refractivity contribution in [3.05, 3.63) is 23.8 Å². The summed E-state index contributed by atoms with van der Waals surface area (Å²) >= 11 is 0. The maximum absolute atomic E-state index is 13.1. The summed E-state index contributed by atoms with van der Waals surface area (Å²) < 4.78 is 33.3. The van der Waals surface area contributed by atoms with E-state index in [1.54, 1.807) is 23.1 Å². The number of amides is 2. The molecule has 0 bridgehead atoms. The van der Waals surface area contributed by atoms with Crippen LogP contribution in [0.5, 0.6) is 0 Å². The molecule has 0 aliphatic carbocycles. The number of carbonyl (C=O) groups excluding carboxylic acids is 2. The van der Waals surface area contributed by atoms with Gasteiger partial charge in [-0.05, 0) is 61.8 Å². The van der Waals surface area contributed by atoms with Gasteiger partial charge in [-0.1, -0.05) is 0 Å². The molecular weight excluding hydrogens is 418 g/mol. The third-order valence-electron chi connectivity index (χ3n) is 6.56. The minimum absolute atomic E-state index is 0.0189. The highest BCUT2D eigenvalue weighted by molar-refractivity contribution is 7.89. The van der Waals surface area contributed by atoms with Crippen LogP contribution >= 0.6 is 0 Å². The smallest absolute Gasteiger partial charge is 0.243 e. The number of fused-ring (bicyclic) bond motifs is 1. The predicted molar refractivity (Wildman–Crippen MR) is 116 cm³/mol. The number of ether oxygens (including phenoxy) is 1. The van der Waals surface area contributed by atoms with Crippen molar-refractivity contribution >= 4 is 27.5 Å². The number of sulfonamides is 1. The average Bonchev–Trinajstić information content (AvgIpc) is 3.42. The molecule has 0 aromatic heterocycles. The highest BCUT2D eigenvalue weighted by atomic mass is 32.2. The Hall–Kier alpha value is -1.97. The predicted octanol–water partition coefficient (Wildman–Crippen LogP) is 1.68. The van der Waals surface area contributed by atoms with Gasteiger partial charge in [0.15, 0.2) is 0 Å². The molecule has 1 N–H and O–H groups in total. The van der Waals surface area contributed by atoms with E-state index in [1.165, 1.54) is 11.2 Å². The second kappa shape index (κ2) is 9.26. The van der Waals surface area contributed by atoms with Crippen molar-refractivity contribution in [2.45, 2.75) is 56.4 Å². The summed E-state index contributed by atoms with van der Waals surface area (Å²) in [5, 5.41) is 2.95. The number of nitrogens with zero attached hydrogens (tertiary/aromatic N) is 2. The summed E-state index contributed by atoms with van der Waals surface area (Å²) in [6.45, 7) is 4.28. The molecule has 9 heteroatoms. The van der Waals surface area contributed by atoms with E-state index in [1.807, 2.05) is 0 Å². The van der Waals surface area contributed by atoms with Gasteiger partial charge in [-0.15, -0.1) is 0 Å². The fraction of sp³-hybridized carbons (Fsp3) is 0.636. The van der Waals surface area contributed by atoms with Crippen molar-refractivity contribution in [1.29, 1.82) is 0 Å². The molecular formula is C22H31N3O5S. The Morgan fingerprint density at radius 3 is 2.61 bits per heavy atom. The first kappa shape index (κ1) is 22.2. The number of anilines is 1. The van der Waals surface area contributed by atoms with E-state index in [0.29, 0.717) is 51.9 Å². The van der Waals surface area contributed by atoms with Crippen LogP contribution in [0.25, 0.3) is 0 Å². The molecule has 2 fully saturated rings. The van der Waals surface area contributed by atoms with Crippen molar-refractivity contribution in [3.8, 4) is 0 Å². The summed E-state index contributed by atoms with van der Waals surface area (Å²) in [7, 11) is -3.58. The number of nitrogens with one attached hydrogen (secondary N) is 1. The van der Waals surface area contributed by atoms with Crippen molar-refractivity contribution in [2.75, 3.05) is 37.7 Å². The summed E-state index contributed by atoms with van der Waals surface area (Å²) in [6, 6.07) is 5.04. The van der Waals surface area contributed by atoms with Crippen LogP contribution in [0.1, 0.15) is 44.6 Å². The van der Waals surface area contributed by atoms with Gasteiger partial charge in [0.05, 0.1) is 11.0 Å². The van der Waals surface area contributed by atoms with Gasteiger partial charge in [0.2, 0.25) is 21.8 Å². The van der Waals surface area contributed by atoms with Crippen LogP contribution in [0.4, 0.5) is 5.69 Å². The molecule has 0 saturated carbocycles. The SMILES string of the molecule is CC(=O)N1CCc2cc(S(=O)(=O)N3CCC(CC(=O)NC[C@@H]4CCCO4)CC3)ccc21. The molecule has 4 rings (SSSR count). The standard InChI is InChI=1S/C22H31N3O5S/c1-16(26)25-11-8-18-14-20(4-5-21(18)25)31(28,29)24-9-6-17(7-10-24)13-22(27)23-15-19-3-2-12-30-19/h4-5,14,17,19H,2-3,6-13,15H2,1H3,(H,23,27)/t19-/m0/s1. The molecule has 0 radical (unpaired) electrons. The third kappa shape index (κ3) is 4.94. The first-order valence-electron chi connectivity index (χ1n) is 11.1. The Morgan fingerprint density at radius 2 is 1.94 bits per heavy atom. The molecule has 0 spiro atoms.